The molecule has 0 fully saturated rings. The molecule has 3 nitrogen and oxygen atoms in total. The van der Waals surface area contributed by atoms with Gasteiger partial charge in [-0.15, -0.1) is 0 Å². The van der Waals surface area contributed by atoms with Crippen LogP contribution in [0.15, 0.2) is 6.20 Å². The molecule has 2 N–H and O–H groups in total. The van der Waals surface area contributed by atoms with Gasteiger partial charge in [0.1, 0.15) is 4.99 Å². The van der Waals surface area contributed by atoms with Gasteiger partial charge in [-0.05, 0) is 0 Å². The summed E-state index contributed by atoms with van der Waals surface area (Å²) in [7, 11) is 3.87. The molecule has 60 valence electrons. The summed E-state index contributed by atoms with van der Waals surface area (Å²) in [6.07, 6.45) is 1.70. The molecule has 0 amide bonds. The molecule has 0 aliphatic heterocycles. The molecular formula is C6H9N3S2. The maximum absolute atomic E-state index is 5.41. The highest BCUT2D eigenvalue weighted by atomic mass is 32.1. The number of aromatic nitrogens is 1. The van der Waals surface area contributed by atoms with Crippen molar-refractivity contribution in [3.8, 4) is 0 Å². The molecule has 0 saturated heterocycles. The molecule has 0 unspecified atom stereocenters. The van der Waals surface area contributed by atoms with Gasteiger partial charge in [0.25, 0.3) is 0 Å². The lowest BCUT2D eigenvalue weighted by Gasteiger charge is -2.04. The highest BCUT2D eigenvalue weighted by Gasteiger charge is 2.04. The van der Waals surface area contributed by atoms with Crippen molar-refractivity contribution in [3.05, 3.63) is 11.1 Å². The predicted octanol–water partition coefficient (Wildman–Crippen LogP) is 0.843. The molecule has 11 heavy (non-hydrogen) atoms. The monoisotopic (exact) mass is 187 g/mol. The van der Waals surface area contributed by atoms with Crippen molar-refractivity contribution >= 4 is 33.7 Å². The van der Waals surface area contributed by atoms with E-state index in [2.05, 4.69) is 4.98 Å². The summed E-state index contributed by atoms with van der Waals surface area (Å²) < 4.78 is 0. The Morgan fingerprint density at radius 3 is 2.64 bits per heavy atom. The summed E-state index contributed by atoms with van der Waals surface area (Å²) >= 11 is 6.29. The van der Waals surface area contributed by atoms with E-state index in [0.717, 1.165) is 10.0 Å². The number of thiazole rings is 1. The third kappa shape index (κ3) is 1.87. The van der Waals surface area contributed by atoms with E-state index in [1.807, 2.05) is 19.0 Å². The quantitative estimate of drug-likeness (QED) is 0.697. The van der Waals surface area contributed by atoms with Gasteiger partial charge in [-0.25, -0.2) is 4.98 Å². The summed E-state index contributed by atoms with van der Waals surface area (Å²) in [5.41, 5.74) is 5.41. The topological polar surface area (TPSA) is 42.2 Å². The van der Waals surface area contributed by atoms with E-state index in [1.54, 1.807) is 6.20 Å². The molecule has 1 rings (SSSR count). The van der Waals surface area contributed by atoms with Crippen molar-refractivity contribution in [1.82, 2.24) is 4.98 Å². The summed E-state index contributed by atoms with van der Waals surface area (Å²) in [6.45, 7) is 0. The van der Waals surface area contributed by atoms with Crippen molar-refractivity contribution in [3.63, 3.8) is 0 Å². The molecule has 0 atom stereocenters. The second kappa shape index (κ2) is 3.15. The van der Waals surface area contributed by atoms with Crippen LogP contribution in [0, 0.1) is 0 Å². The standard InChI is InChI=1S/C6H9N3S2/c1-9(2)6-8-3-4(11-6)5(7)10/h3H,1-2H3,(H2,7,10). The first-order chi connectivity index (χ1) is 5.11. The largest absolute Gasteiger partial charge is 0.389 e. The van der Waals surface area contributed by atoms with Crippen molar-refractivity contribution in [2.24, 2.45) is 5.73 Å². The van der Waals surface area contributed by atoms with E-state index in [1.165, 1.54) is 11.3 Å². The van der Waals surface area contributed by atoms with E-state index in [9.17, 15) is 0 Å². The first-order valence-corrected chi connectivity index (χ1v) is 4.26. The lowest BCUT2D eigenvalue weighted by Crippen LogP contribution is -2.08. The molecule has 1 aromatic heterocycles. The molecule has 0 saturated carbocycles. The van der Waals surface area contributed by atoms with E-state index in [-0.39, 0.29) is 0 Å². The van der Waals surface area contributed by atoms with E-state index >= 15 is 0 Å². The van der Waals surface area contributed by atoms with Gasteiger partial charge in [-0.2, -0.15) is 0 Å². The van der Waals surface area contributed by atoms with Crippen LogP contribution < -0.4 is 10.6 Å². The summed E-state index contributed by atoms with van der Waals surface area (Å²) in [5.74, 6) is 0. The molecule has 0 aliphatic carbocycles. The smallest absolute Gasteiger partial charge is 0.185 e. The maximum atomic E-state index is 5.41. The lowest BCUT2D eigenvalue weighted by atomic mass is 10.6. The summed E-state index contributed by atoms with van der Waals surface area (Å²) in [4.78, 5) is 7.31. The zero-order chi connectivity index (χ0) is 8.43. The fourth-order valence-corrected chi connectivity index (χ4v) is 1.45. The third-order valence-corrected chi connectivity index (χ3v) is 2.67. The van der Waals surface area contributed by atoms with E-state index < -0.39 is 0 Å². The van der Waals surface area contributed by atoms with Crippen LogP contribution in [0.2, 0.25) is 0 Å². The van der Waals surface area contributed by atoms with Gasteiger partial charge in [0.15, 0.2) is 5.13 Å². The van der Waals surface area contributed by atoms with Crippen LogP contribution >= 0.6 is 23.6 Å². The minimum absolute atomic E-state index is 0.413. The number of thiocarbonyl (C=S) groups is 1. The van der Waals surface area contributed by atoms with Crippen molar-refractivity contribution in [2.45, 2.75) is 0 Å². The first-order valence-electron chi connectivity index (χ1n) is 3.04. The second-order valence-corrected chi connectivity index (χ2v) is 3.71. The molecule has 1 aromatic rings. The Morgan fingerprint density at radius 2 is 2.36 bits per heavy atom. The highest BCUT2D eigenvalue weighted by Crippen LogP contribution is 2.19. The Morgan fingerprint density at radius 1 is 1.73 bits per heavy atom. The number of rotatable bonds is 2. The molecule has 5 heteroatoms. The van der Waals surface area contributed by atoms with Crippen molar-refractivity contribution in [1.29, 1.82) is 0 Å². The van der Waals surface area contributed by atoms with Crippen LogP contribution in [0.25, 0.3) is 0 Å². The molecule has 0 radical (unpaired) electrons. The molecule has 0 aliphatic rings. The van der Waals surface area contributed by atoms with Gasteiger partial charge in [-0.3, -0.25) is 0 Å². The first kappa shape index (κ1) is 8.42. The van der Waals surface area contributed by atoms with Gasteiger partial charge in [0.05, 0.1) is 11.1 Å². The number of anilines is 1. The van der Waals surface area contributed by atoms with Crippen LogP contribution in [-0.2, 0) is 0 Å². The van der Waals surface area contributed by atoms with Gasteiger partial charge < -0.3 is 10.6 Å². The Balaban J connectivity index is 2.90. The van der Waals surface area contributed by atoms with E-state index in [4.69, 9.17) is 18.0 Å². The lowest BCUT2D eigenvalue weighted by molar-refractivity contribution is 1.10. The Kier molecular flexibility index (Phi) is 2.41. The second-order valence-electron chi connectivity index (χ2n) is 2.27. The Labute approximate surface area is 74.8 Å². The zero-order valence-electron chi connectivity index (χ0n) is 6.37. The number of hydrogen-bond acceptors (Lipinski definition) is 4. The van der Waals surface area contributed by atoms with Crippen LogP contribution in [0.1, 0.15) is 4.88 Å². The fraction of sp³-hybridized carbons (Fsp3) is 0.333. The van der Waals surface area contributed by atoms with Gasteiger partial charge in [0.2, 0.25) is 0 Å². The zero-order valence-corrected chi connectivity index (χ0v) is 8.00. The Bertz CT molecular complexity index is 267. The maximum Gasteiger partial charge on any atom is 0.185 e. The fourth-order valence-electron chi connectivity index (χ4n) is 0.586. The number of nitrogens with two attached hydrogens (primary N) is 1. The Hall–Kier alpha value is -0.680. The van der Waals surface area contributed by atoms with Gasteiger partial charge >= 0.3 is 0 Å². The van der Waals surface area contributed by atoms with Crippen LogP contribution in [0.4, 0.5) is 5.13 Å². The average molecular weight is 187 g/mol. The third-order valence-electron chi connectivity index (χ3n) is 1.12. The summed E-state index contributed by atoms with van der Waals surface area (Å²) in [6, 6.07) is 0. The minimum Gasteiger partial charge on any atom is -0.389 e. The highest BCUT2D eigenvalue weighted by molar-refractivity contribution is 7.81. The van der Waals surface area contributed by atoms with Gasteiger partial charge in [0, 0.05) is 14.1 Å². The minimum atomic E-state index is 0.413. The molecule has 0 bridgehead atoms. The molecule has 1 heterocycles. The van der Waals surface area contributed by atoms with Gasteiger partial charge in [-0.1, -0.05) is 23.6 Å². The molecular weight excluding hydrogens is 178 g/mol. The number of nitrogens with zero attached hydrogens (tertiary/aromatic N) is 2. The van der Waals surface area contributed by atoms with Crippen LogP contribution in [-0.4, -0.2) is 24.1 Å². The van der Waals surface area contributed by atoms with E-state index in [0.29, 0.717) is 4.99 Å². The predicted molar refractivity (Wildman–Crippen MR) is 52.3 cm³/mol. The summed E-state index contributed by atoms with van der Waals surface area (Å²) in [5, 5.41) is 0.924. The van der Waals surface area contributed by atoms with Crippen LogP contribution in [0.5, 0.6) is 0 Å². The normalized spacial score (nSPS) is 9.64. The molecule has 0 aromatic carbocycles. The van der Waals surface area contributed by atoms with Crippen molar-refractivity contribution in [2.75, 3.05) is 19.0 Å². The SMILES string of the molecule is CN(C)c1ncc(C(N)=S)s1. The number of hydrogen-bond donors (Lipinski definition) is 1. The van der Waals surface area contributed by atoms with Crippen molar-refractivity contribution < 1.29 is 0 Å². The average Bonchev–Trinajstić information content (AvgIpc) is 2.33. The molecule has 0 spiro atoms. The van der Waals surface area contributed by atoms with Crippen LogP contribution in [0.3, 0.4) is 0 Å².